The maximum absolute atomic E-state index is 5.26. The molecule has 21 heavy (non-hydrogen) atoms. The summed E-state index contributed by atoms with van der Waals surface area (Å²) in [5.74, 6) is 3.20. The van der Waals surface area contributed by atoms with Gasteiger partial charge >= 0.3 is 0 Å². The molecule has 0 heterocycles. The van der Waals surface area contributed by atoms with Crippen molar-refractivity contribution in [2.75, 3.05) is 7.11 Å². The molecule has 1 aromatic rings. The second-order valence-electron chi connectivity index (χ2n) is 6.64. The molecule has 2 aliphatic carbocycles. The first-order valence-electron chi connectivity index (χ1n) is 8.28. The van der Waals surface area contributed by atoms with Crippen LogP contribution in [0.15, 0.2) is 48.3 Å². The highest BCUT2D eigenvalue weighted by Crippen LogP contribution is 2.36. The van der Waals surface area contributed by atoms with Crippen LogP contribution in [0.3, 0.4) is 0 Å². The Morgan fingerprint density at radius 2 is 1.62 bits per heavy atom. The van der Waals surface area contributed by atoms with Gasteiger partial charge in [0.2, 0.25) is 0 Å². The van der Waals surface area contributed by atoms with Crippen LogP contribution in [0.1, 0.15) is 62.0 Å². The number of ether oxygens (including phenoxy) is 1. The Bertz CT molecular complexity index is 515. The van der Waals surface area contributed by atoms with Crippen LogP contribution < -0.4 is 0 Å². The van der Waals surface area contributed by atoms with Gasteiger partial charge in [0.15, 0.2) is 0 Å². The summed E-state index contributed by atoms with van der Waals surface area (Å²) in [7, 11) is 1.73. The molecule has 0 amide bonds. The molecule has 1 atom stereocenters. The summed E-state index contributed by atoms with van der Waals surface area (Å²) in [5.41, 5.74) is 2.96. The van der Waals surface area contributed by atoms with Gasteiger partial charge in [0.1, 0.15) is 5.76 Å². The lowest BCUT2D eigenvalue weighted by atomic mass is 9.79. The number of methoxy groups -OCH3 is 1. The van der Waals surface area contributed by atoms with Crippen molar-refractivity contribution in [3.05, 3.63) is 59.4 Å². The lowest BCUT2D eigenvalue weighted by Crippen LogP contribution is -2.10. The van der Waals surface area contributed by atoms with E-state index in [-0.39, 0.29) is 0 Å². The fraction of sp³-hybridized carbons (Fsp3) is 0.500. The smallest absolute Gasteiger partial charge is 0.114 e. The van der Waals surface area contributed by atoms with Crippen LogP contribution in [0.5, 0.6) is 0 Å². The normalized spacial score (nSPS) is 29.0. The SMILES string of the molecule is COC1=CCC(c2ccc(C3CCC(C)CC3)cc2)C=C1. The van der Waals surface area contributed by atoms with E-state index < -0.39 is 0 Å². The molecule has 0 radical (unpaired) electrons. The van der Waals surface area contributed by atoms with Crippen LogP contribution in [-0.2, 0) is 4.74 Å². The zero-order chi connectivity index (χ0) is 14.7. The molecular formula is C20H26O. The van der Waals surface area contributed by atoms with Crippen molar-refractivity contribution in [3.8, 4) is 0 Å². The van der Waals surface area contributed by atoms with E-state index in [2.05, 4.69) is 49.4 Å². The highest BCUT2D eigenvalue weighted by molar-refractivity contribution is 5.33. The van der Waals surface area contributed by atoms with E-state index in [9.17, 15) is 0 Å². The van der Waals surface area contributed by atoms with Crippen molar-refractivity contribution in [3.63, 3.8) is 0 Å². The molecule has 0 aromatic heterocycles. The standard InChI is InChI=1S/C20H26O/c1-15-3-5-16(6-4-15)17-7-9-18(10-8-17)19-11-13-20(21-2)14-12-19/h7-11,13-16,19H,3-6,12H2,1-2H3. The molecule has 1 heteroatoms. The summed E-state index contributed by atoms with van der Waals surface area (Å²) in [6.45, 7) is 2.39. The van der Waals surface area contributed by atoms with Gasteiger partial charge in [0, 0.05) is 5.92 Å². The summed E-state index contributed by atoms with van der Waals surface area (Å²) < 4.78 is 5.26. The second kappa shape index (κ2) is 6.51. The van der Waals surface area contributed by atoms with E-state index >= 15 is 0 Å². The molecular weight excluding hydrogens is 256 g/mol. The summed E-state index contributed by atoms with van der Waals surface area (Å²) >= 11 is 0. The minimum Gasteiger partial charge on any atom is -0.497 e. The van der Waals surface area contributed by atoms with E-state index in [1.54, 1.807) is 12.7 Å². The van der Waals surface area contributed by atoms with Crippen molar-refractivity contribution in [1.29, 1.82) is 0 Å². The maximum Gasteiger partial charge on any atom is 0.114 e. The van der Waals surface area contributed by atoms with Gasteiger partial charge in [-0.2, -0.15) is 0 Å². The molecule has 1 saturated carbocycles. The van der Waals surface area contributed by atoms with Crippen LogP contribution in [0.25, 0.3) is 0 Å². The summed E-state index contributed by atoms with van der Waals surface area (Å²) in [6, 6.07) is 9.38. The monoisotopic (exact) mass is 282 g/mol. The van der Waals surface area contributed by atoms with E-state index in [1.165, 1.54) is 31.2 Å². The molecule has 1 aromatic carbocycles. The minimum absolute atomic E-state index is 0.504. The third kappa shape index (κ3) is 3.40. The number of allylic oxidation sites excluding steroid dienone is 3. The van der Waals surface area contributed by atoms with Gasteiger partial charge in [-0.1, -0.05) is 50.1 Å². The predicted octanol–water partition coefficient (Wildman–Crippen LogP) is 5.55. The Hall–Kier alpha value is -1.50. The topological polar surface area (TPSA) is 9.23 Å². The van der Waals surface area contributed by atoms with Crippen LogP contribution in [0.4, 0.5) is 0 Å². The van der Waals surface area contributed by atoms with Gasteiger partial charge in [-0.05, 0) is 54.4 Å². The maximum atomic E-state index is 5.26. The lowest BCUT2D eigenvalue weighted by molar-refractivity contribution is 0.303. The van der Waals surface area contributed by atoms with E-state index in [0.717, 1.165) is 24.0 Å². The average Bonchev–Trinajstić information content (AvgIpc) is 2.56. The largest absolute Gasteiger partial charge is 0.497 e. The van der Waals surface area contributed by atoms with Gasteiger partial charge < -0.3 is 4.74 Å². The lowest BCUT2D eigenvalue weighted by Gasteiger charge is -2.26. The van der Waals surface area contributed by atoms with Crippen molar-refractivity contribution in [2.45, 2.75) is 50.9 Å². The molecule has 0 N–H and O–H groups in total. The number of hydrogen-bond acceptors (Lipinski definition) is 1. The van der Waals surface area contributed by atoms with Crippen molar-refractivity contribution >= 4 is 0 Å². The Balaban J connectivity index is 1.65. The minimum atomic E-state index is 0.504. The first-order chi connectivity index (χ1) is 10.3. The van der Waals surface area contributed by atoms with Gasteiger partial charge in [0.25, 0.3) is 0 Å². The highest BCUT2D eigenvalue weighted by Gasteiger charge is 2.20. The fourth-order valence-corrected chi connectivity index (χ4v) is 3.61. The summed E-state index contributed by atoms with van der Waals surface area (Å²) in [4.78, 5) is 0. The quantitative estimate of drug-likeness (QED) is 0.705. The summed E-state index contributed by atoms with van der Waals surface area (Å²) in [6.07, 6.45) is 13.1. The number of hydrogen-bond donors (Lipinski definition) is 0. The molecule has 1 nitrogen and oxygen atoms in total. The zero-order valence-corrected chi connectivity index (χ0v) is 13.2. The first kappa shape index (κ1) is 14.4. The van der Waals surface area contributed by atoms with Gasteiger partial charge in [-0.25, -0.2) is 0 Å². The average molecular weight is 282 g/mol. The third-order valence-electron chi connectivity index (χ3n) is 5.15. The van der Waals surface area contributed by atoms with E-state index in [1.807, 2.05) is 0 Å². The fourth-order valence-electron chi connectivity index (χ4n) is 3.61. The van der Waals surface area contributed by atoms with Gasteiger partial charge in [0.05, 0.1) is 7.11 Å². The summed E-state index contributed by atoms with van der Waals surface area (Å²) in [5, 5.41) is 0. The predicted molar refractivity (Wildman–Crippen MR) is 88.4 cm³/mol. The Labute approximate surface area is 128 Å². The molecule has 1 fully saturated rings. The molecule has 3 rings (SSSR count). The zero-order valence-electron chi connectivity index (χ0n) is 13.2. The molecule has 0 bridgehead atoms. The Morgan fingerprint density at radius 3 is 2.19 bits per heavy atom. The molecule has 1 unspecified atom stereocenters. The van der Waals surface area contributed by atoms with E-state index in [0.29, 0.717) is 5.92 Å². The molecule has 112 valence electrons. The van der Waals surface area contributed by atoms with Crippen molar-refractivity contribution in [1.82, 2.24) is 0 Å². The second-order valence-corrected chi connectivity index (χ2v) is 6.64. The third-order valence-corrected chi connectivity index (χ3v) is 5.15. The van der Waals surface area contributed by atoms with Crippen LogP contribution in [0.2, 0.25) is 0 Å². The molecule has 0 aliphatic heterocycles. The first-order valence-corrected chi connectivity index (χ1v) is 8.28. The molecule has 0 saturated heterocycles. The van der Waals surface area contributed by atoms with E-state index in [4.69, 9.17) is 4.74 Å². The van der Waals surface area contributed by atoms with Crippen LogP contribution >= 0.6 is 0 Å². The van der Waals surface area contributed by atoms with Crippen LogP contribution in [0, 0.1) is 5.92 Å². The molecule has 0 spiro atoms. The van der Waals surface area contributed by atoms with Crippen LogP contribution in [-0.4, -0.2) is 7.11 Å². The van der Waals surface area contributed by atoms with Gasteiger partial charge in [-0.3, -0.25) is 0 Å². The van der Waals surface area contributed by atoms with Crippen molar-refractivity contribution < 1.29 is 4.74 Å². The Morgan fingerprint density at radius 1 is 0.952 bits per heavy atom. The number of benzene rings is 1. The Kier molecular flexibility index (Phi) is 4.48. The highest BCUT2D eigenvalue weighted by atomic mass is 16.5. The van der Waals surface area contributed by atoms with Gasteiger partial charge in [-0.15, -0.1) is 0 Å². The number of rotatable bonds is 3. The van der Waals surface area contributed by atoms with Crippen molar-refractivity contribution in [2.24, 2.45) is 5.92 Å². The molecule has 2 aliphatic rings.